The summed E-state index contributed by atoms with van der Waals surface area (Å²) in [5.41, 5.74) is 19.3. The highest BCUT2D eigenvalue weighted by atomic mass is 15.0. The average molecular weight is 1330 g/mol. The largest absolute Gasteiger partial charge is 0.264 e. The summed E-state index contributed by atoms with van der Waals surface area (Å²) in [6.45, 7) is 0. The highest BCUT2D eigenvalue weighted by Crippen LogP contribution is 2.36. The van der Waals surface area contributed by atoms with Gasteiger partial charge in [-0.15, -0.1) is 0 Å². The van der Waals surface area contributed by atoms with Crippen molar-refractivity contribution in [1.29, 1.82) is 0 Å². The second kappa shape index (κ2) is 28.8. The molecule has 488 valence electrons. The van der Waals surface area contributed by atoms with Crippen molar-refractivity contribution in [3.05, 3.63) is 365 Å². The van der Waals surface area contributed by atoms with E-state index in [9.17, 15) is 0 Å². The summed E-state index contributed by atoms with van der Waals surface area (Å²) in [6, 6.07) is 115. The van der Waals surface area contributed by atoms with Crippen LogP contribution < -0.4 is 0 Å². The predicted molar refractivity (Wildman–Crippen MR) is 418 cm³/mol. The van der Waals surface area contributed by atoms with Crippen LogP contribution in [-0.4, -0.2) is 59.8 Å². The van der Waals surface area contributed by atoms with Crippen molar-refractivity contribution >= 4 is 21.5 Å². The third-order valence-corrected chi connectivity index (χ3v) is 18.1. The van der Waals surface area contributed by atoms with E-state index in [-0.39, 0.29) is 0 Å². The van der Waals surface area contributed by atoms with Crippen LogP contribution in [0.25, 0.3) is 180 Å². The van der Waals surface area contributed by atoms with Crippen molar-refractivity contribution in [3.63, 3.8) is 0 Å². The molecule has 0 spiro atoms. The maximum absolute atomic E-state index is 5.04. The number of rotatable bonds is 14. The standard InChI is InChI=1S/2C46H30N6/c1-4-11-33(12-5-1)43-48-41(29-42(49-43)38-23-24-40-30-47-26-25-37(40)27-38)32-21-19-31(20-22-32)36-17-10-18-39(28-36)46-51-44(34-13-6-2-7-14-34)50-45(52-46)35-15-8-3-9-16-35;1-4-11-32(12-5-1)41-29-42(49-43(48-41)34-13-6-2-7-14-34)33-21-19-31(20-22-33)36-17-10-18-38(27-36)45-50-44(35-15-8-3-9-16-35)51-46(52-45)39-23-24-40-30-47-26-25-37(40)28-39/h2*1-30H. The zero-order chi connectivity index (χ0) is 69.4. The Kier molecular flexibility index (Phi) is 17.5. The van der Waals surface area contributed by atoms with Gasteiger partial charge in [0.1, 0.15) is 0 Å². The molecule has 0 radical (unpaired) electrons. The van der Waals surface area contributed by atoms with Crippen LogP contribution in [0.3, 0.4) is 0 Å². The fourth-order valence-corrected chi connectivity index (χ4v) is 12.6. The lowest BCUT2D eigenvalue weighted by Gasteiger charge is -2.11. The SMILES string of the molecule is c1ccc(-c2cc(-c3ccc(-c4cccc(-c5nc(-c6ccccc6)nc(-c6ccc7cnccc7c6)n5)c4)cc3)nc(-c3ccccc3)n2)cc1.c1ccc(-c2nc(-c3ccc(-c4cccc(-c5nc(-c6ccccc6)nc(-c6ccccc6)n5)c4)cc3)cc(-c3ccc4cnccc4c3)n2)cc1. The van der Waals surface area contributed by atoms with Gasteiger partial charge < -0.3 is 0 Å². The number of benzene rings is 12. The second-order valence-electron chi connectivity index (χ2n) is 24.9. The minimum Gasteiger partial charge on any atom is -0.264 e. The molecular formula is C92H60N12. The van der Waals surface area contributed by atoms with E-state index in [0.29, 0.717) is 46.6 Å². The molecule has 0 saturated heterocycles. The Bertz CT molecular complexity index is 5960. The average Bonchev–Trinajstić information content (AvgIpc) is 0.800. The van der Waals surface area contributed by atoms with Crippen molar-refractivity contribution in [2.24, 2.45) is 0 Å². The van der Waals surface area contributed by atoms with Crippen LogP contribution >= 0.6 is 0 Å². The first kappa shape index (κ1) is 63.1. The van der Waals surface area contributed by atoms with Gasteiger partial charge in [0.05, 0.1) is 22.8 Å². The van der Waals surface area contributed by atoms with Gasteiger partial charge in [0.25, 0.3) is 0 Å². The summed E-state index contributed by atoms with van der Waals surface area (Å²) >= 11 is 0. The van der Waals surface area contributed by atoms with Crippen molar-refractivity contribution in [2.75, 3.05) is 0 Å². The minimum atomic E-state index is 0.611. The van der Waals surface area contributed by atoms with Crippen LogP contribution in [0.15, 0.2) is 365 Å². The first-order chi connectivity index (χ1) is 51.5. The Hall–Kier alpha value is -14.4. The molecular weight excluding hydrogens is 1270 g/mol. The monoisotopic (exact) mass is 1330 g/mol. The van der Waals surface area contributed by atoms with E-state index >= 15 is 0 Å². The molecule has 0 atom stereocenters. The van der Waals surface area contributed by atoms with Crippen LogP contribution in [-0.2, 0) is 0 Å². The first-order valence-electron chi connectivity index (χ1n) is 34.2. The Morgan fingerprint density at radius 3 is 0.731 bits per heavy atom. The number of pyridine rings is 2. The van der Waals surface area contributed by atoms with Gasteiger partial charge in [-0.3, -0.25) is 9.97 Å². The van der Waals surface area contributed by atoms with Gasteiger partial charge in [-0.2, -0.15) is 0 Å². The Morgan fingerprint density at radius 2 is 0.375 bits per heavy atom. The molecule has 0 amide bonds. The van der Waals surface area contributed by atoms with E-state index in [1.807, 2.05) is 213 Å². The summed E-state index contributed by atoms with van der Waals surface area (Å²) in [7, 11) is 0. The molecule has 18 rings (SSSR count). The molecule has 104 heavy (non-hydrogen) atoms. The van der Waals surface area contributed by atoms with Crippen molar-refractivity contribution in [1.82, 2.24) is 59.8 Å². The van der Waals surface area contributed by atoms with Crippen LogP contribution in [0.4, 0.5) is 0 Å². The van der Waals surface area contributed by atoms with E-state index in [0.717, 1.165) is 133 Å². The predicted octanol–water partition coefficient (Wildman–Crippen LogP) is 21.8. The van der Waals surface area contributed by atoms with E-state index in [1.54, 1.807) is 6.20 Å². The van der Waals surface area contributed by atoms with Gasteiger partial charge in [0, 0.05) is 102 Å². The molecule has 0 unspecified atom stereocenters. The molecule has 6 heterocycles. The van der Waals surface area contributed by atoms with Crippen LogP contribution in [0, 0.1) is 0 Å². The maximum atomic E-state index is 5.04. The summed E-state index contributed by atoms with van der Waals surface area (Å²) in [5.74, 6) is 5.13. The fraction of sp³-hybridized carbons (Fsp3) is 0. The Labute approximate surface area is 600 Å². The molecule has 0 bridgehead atoms. The highest BCUT2D eigenvalue weighted by Gasteiger charge is 2.19. The number of hydrogen-bond donors (Lipinski definition) is 0. The molecule has 12 aromatic carbocycles. The van der Waals surface area contributed by atoms with E-state index in [2.05, 4.69) is 156 Å². The van der Waals surface area contributed by atoms with Crippen molar-refractivity contribution in [3.8, 4) is 158 Å². The summed E-state index contributed by atoms with van der Waals surface area (Å²) in [4.78, 5) is 58.1. The number of fused-ring (bicyclic) bond motifs is 2. The molecule has 6 aromatic heterocycles. The normalized spacial score (nSPS) is 11.1. The molecule has 12 heteroatoms. The first-order valence-corrected chi connectivity index (χ1v) is 34.2. The third kappa shape index (κ3) is 13.9. The zero-order valence-corrected chi connectivity index (χ0v) is 56.0. The number of aromatic nitrogens is 12. The zero-order valence-electron chi connectivity index (χ0n) is 56.0. The smallest absolute Gasteiger partial charge is 0.164 e. The molecule has 18 aromatic rings. The summed E-state index contributed by atoms with van der Waals surface area (Å²) in [5, 5.41) is 4.35. The maximum Gasteiger partial charge on any atom is 0.164 e. The molecule has 0 N–H and O–H groups in total. The fourth-order valence-electron chi connectivity index (χ4n) is 12.6. The molecule has 0 aliphatic heterocycles. The van der Waals surface area contributed by atoms with E-state index < -0.39 is 0 Å². The van der Waals surface area contributed by atoms with E-state index in [1.165, 1.54) is 0 Å². The van der Waals surface area contributed by atoms with Gasteiger partial charge in [-0.05, 0) is 81.6 Å². The van der Waals surface area contributed by atoms with Crippen LogP contribution in [0.1, 0.15) is 0 Å². The third-order valence-electron chi connectivity index (χ3n) is 18.1. The molecule has 0 fully saturated rings. The molecule has 0 aliphatic rings. The van der Waals surface area contributed by atoms with Gasteiger partial charge in [0.15, 0.2) is 46.6 Å². The van der Waals surface area contributed by atoms with Gasteiger partial charge in [0.2, 0.25) is 0 Å². The highest BCUT2D eigenvalue weighted by molar-refractivity contribution is 5.88. The lowest BCUT2D eigenvalue weighted by atomic mass is 9.99. The summed E-state index contributed by atoms with van der Waals surface area (Å²) in [6.07, 6.45) is 7.36. The number of hydrogen-bond acceptors (Lipinski definition) is 12. The number of nitrogens with zero attached hydrogens (tertiary/aromatic N) is 12. The Morgan fingerprint density at radius 1 is 0.135 bits per heavy atom. The van der Waals surface area contributed by atoms with Gasteiger partial charge in [-0.1, -0.05) is 291 Å². The molecule has 12 nitrogen and oxygen atoms in total. The minimum absolute atomic E-state index is 0.611. The molecule has 0 saturated carbocycles. The van der Waals surface area contributed by atoms with Gasteiger partial charge in [-0.25, -0.2) is 49.8 Å². The van der Waals surface area contributed by atoms with Crippen molar-refractivity contribution in [2.45, 2.75) is 0 Å². The summed E-state index contributed by atoms with van der Waals surface area (Å²) < 4.78 is 0. The van der Waals surface area contributed by atoms with Crippen molar-refractivity contribution < 1.29 is 0 Å². The molecule has 0 aliphatic carbocycles. The topological polar surface area (TPSA) is 155 Å². The van der Waals surface area contributed by atoms with E-state index in [4.69, 9.17) is 49.8 Å². The lowest BCUT2D eigenvalue weighted by Crippen LogP contribution is -2.00. The quantitative estimate of drug-likeness (QED) is 0.102. The van der Waals surface area contributed by atoms with Crippen LogP contribution in [0.2, 0.25) is 0 Å². The van der Waals surface area contributed by atoms with Gasteiger partial charge >= 0.3 is 0 Å². The second-order valence-corrected chi connectivity index (χ2v) is 24.9. The Balaban J connectivity index is 0.000000154. The lowest BCUT2D eigenvalue weighted by molar-refractivity contribution is 1.07. The van der Waals surface area contributed by atoms with Crippen LogP contribution in [0.5, 0.6) is 0 Å².